The Labute approximate surface area is 164 Å². The first-order valence-corrected chi connectivity index (χ1v) is 9.57. The molecule has 1 fully saturated rings. The molecular formula is C22H24N4O2. The third kappa shape index (κ3) is 3.63. The molecule has 1 unspecified atom stereocenters. The number of likely N-dealkylation sites (tertiary alicyclic amines) is 1. The lowest BCUT2D eigenvalue weighted by Crippen LogP contribution is -2.34. The fourth-order valence-corrected chi connectivity index (χ4v) is 3.68. The van der Waals surface area contributed by atoms with Crippen molar-refractivity contribution in [2.45, 2.75) is 39.7 Å². The maximum Gasteiger partial charge on any atom is 0.322 e. The normalized spacial score (nSPS) is 16.4. The molecular weight excluding hydrogens is 352 g/mol. The highest BCUT2D eigenvalue weighted by Gasteiger charge is 2.34. The van der Waals surface area contributed by atoms with Gasteiger partial charge in [0.1, 0.15) is 6.04 Å². The lowest BCUT2D eigenvalue weighted by atomic mass is 10.1. The topological polar surface area (TPSA) is 71.3 Å². The van der Waals surface area contributed by atoms with Crippen molar-refractivity contribution in [2.24, 2.45) is 0 Å². The molecule has 1 aliphatic rings. The number of aryl methyl sites for hydroxylation is 3. The highest BCUT2D eigenvalue weighted by atomic mass is 16.5. The van der Waals surface area contributed by atoms with E-state index >= 15 is 0 Å². The Morgan fingerprint density at radius 1 is 1.14 bits per heavy atom. The summed E-state index contributed by atoms with van der Waals surface area (Å²) in [5, 5.41) is 7.15. The number of nitrogens with one attached hydrogen (secondary N) is 1. The van der Waals surface area contributed by atoms with Crippen LogP contribution in [0.15, 0.2) is 47.0 Å². The minimum Gasteiger partial charge on any atom is -0.337 e. The average Bonchev–Trinajstić information content (AvgIpc) is 3.33. The van der Waals surface area contributed by atoms with Crippen molar-refractivity contribution in [2.75, 3.05) is 11.9 Å². The molecule has 0 saturated carbocycles. The molecule has 1 N–H and O–H groups in total. The second-order valence-corrected chi connectivity index (χ2v) is 7.43. The van der Waals surface area contributed by atoms with E-state index in [0.717, 1.165) is 35.2 Å². The molecule has 6 nitrogen and oxygen atoms in total. The highest BCUT2D eigenvalue weighted by Crippen LogP contribution is 2.33. The molecule has 6 heteroatoms. The van der Waals surface area contributed by atoms with Crippen molar-refractivity contribution in [3.8, 4) is 11.4 Å². The van der Waals surface area contributed by atoms with Gasteiger partial charge in [-0.3, -0.25) is 0 Å². The number of urea groups is 1. The molecule has 0 bridgehead atoms. The first-order chi connectivity index (χ1) is 13.5. The van der Waals surface area contributed by atoms with Gasteiger partial charge < -0.3 is 14.7 Å². The third-order valence-corrected chi connectivity index (χ3v) is 5.14. The molecule has 4 rings (SSSR count). The maximum absolute atomic E-state index is 12.9. The second kappa shape index (κ2) is 7.46. The number of carbonyl (C=O) groups is 1. The third-order valence-electron chi connectivity index (χ3n) is 5.14. The lowest BCUT2D eigenvalue weighted by Gasteiger charge is -2.22. The van der Waals surface area contributed by atoms with Crippen LogP contribution in [0.3, 0.4) is 0 Å². The molecule has 0 aliphatic carbocycles. The maximum atomic E-state index is 12.9. The van der Waals surface area contributed by atoms with Crippen molar-refractivity contribution in [1.82, 2.24) is 15.0 Å². The summed E-state index contributed by atoms with van der Waals surface area (Å²) in [4.78, 5) is 19.2. The van der Waals surface area contributed by atoms with Crippen LogP contribution in [0, 0.1) is 20.8 Å². The quantitative estimate of drug-likeness (QED) is 0.696. The summed E-state index contributed by atoms with van der Waals surface area (Å²) in [6.45, 7) is 6.73. The largest absolute Gasteiger partial charge is 0.337 e. The summed E-state index contributed by atoms with van der Waals surface area (Å²) in [5.41, 5.74) is 5.10. The zero-order valence-electron chi connectivity index (χ0n) is 16.4. The van der Waals surface area contributed by atoms with E-state index in [1.807, 2.05) is 57.2 Å². The van der Waals surface area contributed by atoms with Crippen LogP contribution >= 0.6 is 0 Å². The Morgan fingerprint density at radius 2 is 1.96 bits per heavy atom. The SMILES string of the molecule is Cc1cccc(-c2noc(C3CCCN3C(=O)Nc3ccc(C)cc3C)n2)c1. The summed E-state index contributed by atoms with van der Waals surface area (Å²) in [5.74, 6) is 1.05. The number of carbonyl (C=O) groups excluding carboxylic acids is 1. The highest BCUT2D eigenvalue weighted by molar-refractivity contribution is 5.90. The minimum atomic E-state index is -0.197. The Balaban J connectivity index is 1.53. The zero-order chi connectivity index (χ0) is 19.7. The molecule has 144 valence electrons. The van der Waals surface area contributed by atoms with E-state index in [4.69, 9.17) is 4.52 Å². The Kier molecular flexibility index (Phi) is 4.86. The minimum absolute atomic E-state index is 0.134. The van der Waals surface area contributed by atoms with Crippen LogP contribution in [0.5, 0.6) is 0 Å². The number of anilines is 1. The van der Waals surface area contributed by atoms with E-state index in [9.17, 15) is 4.79 Å². The van der Waals surface area contributed by atoms with Crippen molar-refractivity contribution < 1.29 is 9.32 Å². The van der Waals surface area contributed by atoms with Gasteiger partial charge in [-0.2, -0.15) is 4.98 Å². The molecule has 2 amide bonds. The first kappa shape index (κ1) is 18.2. The van der Waals surface area contributed by atoms with Gasteiger partial charge in [-0.05, 0) is 51.3 Å². The Hall–Kier alpha value is -3.15. The van der Waals surface area contributed by atoms with Gasteiger partial charge in [0.25, 0.3) is 0 Å². The van der Waals surface area contributed by atoms with Crippen molar-refractivity contribution in [3.05, 3.63) is 65.0 Å². The van der Waals surface area contributed by atoms with Crippen LogP contribution in [0.25, 0.3) is 11.4 Å². The fourth-order valence-electron chi connectivity index (χ4n) is 3.68. The van der Waals surface area contributed by atoms with Crippen LogP contribution in [-0.4, -0.2) is 27.6 Å². The van der Waals surface area contributed by atoms with E-state index in [1.54, 1.807) is 4.90 Å². The molecule has 2 aromatic carbocycles. The Morgan fingerprint density at radius 3 is 2.75 bits per heavy atom. The van der Waals surface area contributed by atoms with Gasteiger partial charge in [0.2, 0.25) is 11.7 Å². The molecule has 1 aromatic heterocycles. The molecule has 0 radical (unpaired) electrons. The standard InChI is InChI=1S/C22H24N4O2/c1-14-6-4-7-17(13-14)20-24-21(28-25-20)19-8-5-11-26(19)22(27)23-18-10-9-15(2)12-16(18)3/h4,6-7,9-10,12-13,19H,5,8,11H2,1-3H3,(H,23,27). The molecule has 1 aliphatic heterocycles. The zero-order valence-corrected chi connectivity index (χ0v) is 16.4. The average molecular weight is 376 g/mol. The molecule has 28 heavy (non-hydrogen) atoms. The number of benzene rings is 2. The lowest BCUT2D eigenvalue weighted by molar-refractivity contribution is 0.193. The van der Waals surface area contributed by atoms with Gasteiger partial charge in [0.05, 0.1) is 0 Å². The molecule has 2 heterocycles. The van der Waals surface area contributed by atoms with Gasteiger partial charge in [0.15, 0.2) is 0 Å². The number of amides is 2. The van der Waals surface area contributed by atoms with Crippen LogP contribution in [0.4, 0.5) is 10.5 Å². The predicted molar refractivity (Wildman–Crippen MR) is 108 cm³/mol. The smallest absolute Gasteiger partial charge is 0.322 e. The van der Waals surface area contributed by atoms with Gasteiger partial charge in [-0.25, -0.2) is 4.79 Å². The van der Waals surface area contributed by atoms with E-state index in [-0.39, 0.29) is 12.1 Å². The summed E-state index contributed by atoms with van der Waals surface area (Å²) in [6.07, 6.45) is 1.73. The van der Waals surface area contributed by atoms with E-state index in [0.29, 0.717) is 18.3 Å². The summed E-state index contributed by atoms with van der Waals surface area (Å²) in [6, 6.07) is 13.6. The fraction of sp³-hybridized carbons (Fsp3) is 0.318. The van der Waals surface area contributed by atoms with Crippen molar-refractivity contribution >= 4 is 11.7 Å². The molecule has 1 atom stereocenters. The van der Waals surface area contributed by atoms with Gasteiger partial charge in [-0.15, -0.1) is 0 Å². The van der Waals surface area contributed by atoms with Gasteiger partial charge >= 0.3 is 6.03 Å². The molecule has 1 saturated heterocycles. The van der Waals surface area contributed by atoms with E-state index in [2.05, 4.69) is 21.5 Å². The van der Waals surface area contributed by atoms with E-state index in [1.165, 1.54) is 5.56 Å². The monoisotopic (exact) mass is 376 g/mol. The van der Waals surface area contributed by atoms with Crippen LogP contribution in [0.2, 0.25) is 0 Å². The van der Waals surface area contributed by atoms with Crippen LogP contribution in [-0.2, 0) is 0 Å². The van der Waals surface area contributed by atoms with Crippen molar-refractivity contribution in [3.63, 3.8) is 0 Å². The second-order valence-electron chi connectivity index (χ2n) is 7.43. The predicted octanol–water partition coefficient (Wildman–Crippen LogP) is 5.03. The number of aromatic nitrogens is 2. The van der Waals surface area contributed by atoms with Gasteiger partial charge in [-0.1, -0.05) is 46.6 Å². The summed E-state index contributed by atoms with van der Waals surface area (Å²) < 4.78 is 5.53. The number of hydrogen-bond donors (Lipinski definition) is 1. The van der Waals surface area contributed by atoms with E-state index < -0.39 is 0 Å². The molecule has 0 spiro atoms. The number of hydrogen-bond acceptors (Lipinski definition) is 4. The van der Waals surface area contributed by atoms with Crippen LogP contribution in [0.1, 0.15) is 41.5 Å². The summed E-state index contributed by atoms with van der Waals surface area (Å²) in [7, 11) is 0. The number of rotatable bonds is 3. The number of nitrogens with zero attached hydrogens (tertiary/aromatic N) is 3. The summed E-state index contributed by atoms with van der Waals surface area (Å²) >= 11 is 0. The Bertz CT molecular complexity index is 1010. The van der Waals surface area contributed by atoms with Gasteiger partial charge in [0, 0.05) is 17.8 Å². The van der Waals surface area contributed by atoms with Crippen molar-refractivity contribution in [1.29, 1.82) is 0 Å². The van der Waals surface area contributed by atoms with Crippen LogP contribution < -0.4 is 5.32 Å². The molecule has 3 aromatic rings. The first-order valence-electron chi connectivity index (χ1n) is 9.57.